The summed E-state index contributed by atoms with van der Waals surface area (Å²) >= 11 is 0. The molecule has 0 saturated carbocycles. The summed E-state index contributed by atoms with van der Waals surface area (Å²) in [5, 5.41) is 28.3. The Labute approximate surface area is 124 Å². The second kappa shape index (κ2) is 5.86. The molecule has 4 atom stereocenters. The third-order valence-corrected chi connectivity index (χ3v) is 3.13. The Hall–Kier alpha value is -2.25. The van der Waals surface area contributed by atoms with Crippen LogP contribution in [0, 0.1) is 12.3 Å². The molecule has 0 unspecified atom stereocenters. The van der Waals surface area contributed by atoms with Gasteiger partial charge in [-0.2, -0.15) is 4.98 Å². The van der Waals surface area contributed by atoms with Gasteiger partial charge in [0.2, 0.25) is 5.88 Å². The van der Waals surface area contributed by atoms with Gasteiger partial charge in [0.1, 0.15) is 24.4 Å². The smallest absolute Gasteiger partial charge is 0.353 e. The highest BCUT2D eigenvalue weighted by Crippen LogP contribution is 2.37. The zero-order valence-corrected chi connectivity index (χ0v) is 11.2. The van der Waals surface area contributed by atoms with Crippen molar-refractivity contribution in [2.75, 3.05) is 6.61 Å². The number of hydrogen-bond donors (Lipinski definition) is 3. The monoisotopic (exact) mass is 312 g/mol. The molecule has 1 aliphatic rings. The van der Waals surface area contributed by atoms with Gasteiger partial charge in [-0.3, -0.25) is 4.57 Å². The molecule has 1 aromatic heterocycles. The standard InChI is InChI=1S/C13H13FN2O6/c1-3-7-5-16(12(20)15-10(7)21-4-2)11-8(18)9(19)13(14,6-17)22-11/h1,4-5,8-9,11,17-19H,2,6H2/t8-,9+,11-,13-/m1/s1. The number of alkyl halides is 1. The second-order valence-corrected chi connectivity index (χ2v) is 4.47. The molecule has 0 aliphatic carbocycles. The molecule has 2 rings (SSSR count). The Balaban J connectivity index is 2.48. The Morgan fingerprint density at radius 3 is 2.86 bits per heavy atom. The van der Waals surface area contributed by atoms with Crippen molar-refractivity contribution in [3.05, 3.63) is 35.1 Å². The topological polar surface area (TPSA) is 114 Å². The number of hydrogen-bond acceptors (Lipinski definition) is 7. The summed E-state index contributed by atoms with van der Waals surface area (Å²) in [6.45, 7) is 2.09. The molecule has 8 nitrogen and oxygen atoms in total. The Bertz CT molecular complexity index is 684. The fourth-order valence-corrected chi connectivity index (χ4v) is 2.01. The van der Waals surface area contributed by atoms with Crippen molar-refractivity contribution >= 4 is 0 Å². The van der Waals surface area contributed by atoms with Crippen LogP contribution < -0.4 is 10.4 Å². The predicted molar refractivity (Wildman–Crippen MR) is 70.3 cm³/mol. The van der Waals surface area contributed by atoms with Crippen LogP contribution in [0.25, 0.3) is 0 Å². The van der Waals surface area contributed by atoms with E-state index in [1.165, 1.54) is 0 Å². The fourth-order valence-electron chi connectivity index (χ4n) is 2.01. The lowest BCUT2D eigenvalue weighted by Gasteiger charge is -2.20. The predicted octanol–water partition coefficient (Wildman–Crippen LogP) is -1.34. The summed E-state index contributed by atoms with van der Waals surface area (Å²) in [6.07, 6.45) is 1.84. The molecule has 1 aliphatic heterocycles. The molecule has 3 N–H and O–H groups in total. The van der Waals surface area contributed by atoms with E-state index in [1.54, 1.807) is 0 Å². The van der Waals surface area contributed by atoms with Gasteiger partial charge < -0.3 is 24.8 Å². The SMILES string of the molecule is C#Cc1cn([C@@H]2O[C@](F)(CO)[C@@H](O)[C@H]2O)c(=O)nc1OC=C. The summed E-state index contributed by atoms with van der Waals surface area (Å²) in [5.74, 6) is -0.906. The highest BCUT2D eigenvalue weighted by Gasteiger charge is 2.56. The summed E-state index contributed by atoms with van der Waals surface area (Å²) in [5.41, 5.74) is -0.945. The van der Waals surface area contributed by atoms with E-state index in [-0.39, 0.29) is 11.4 Å². The van der Waals surface area contributed by atoms with Gasteiger partial charge in [0.05, 0.1) is 6.26 Å². The third kappa shape index (κ3) is 2.49. The highest BCUT2D eigenvalue weighted by molar-refractivity contribution is 5.38. The van der Waals surface area contributed by atoms with Gasteiger partial charge in [-0.15, -0.1) is 6.42 Å². The summed E-state index contributed by atoms with van der Waals surface area (Å²) in [7, 11) is 0. The van der Waals surface area contributed by atoms with Crippen LogP contribution in [0.3, 0.4) is 0 Å². The molecule has 0 spiro atoms. The first-order valence-corrected chi connectivity index (χ1v) is 6.09. The van der Waals surface area contributed by atoms with Gasteiger partial charge >= 0.3 is 5.69 Å². The Kier molecular flexibility index (Phi) is 4.30. The van der Waals surface area contributed by atoms with E-state index in [9.17, 15) is 19.4 Å². The van der Waals surface area contributed by atoms with E-state index in [4.69, 9.17) is 21.0 Å². The molecule has 0 radical (unpaired) electrons. The summed E-state index contributed by atoms with van der Waals surface area (Å²) in [4.78, 5) is 15.5. The van der Waals surface area contributed by atoms with Gasteiger partial charge in [-0.25, -0.2) is 9.18 Å². The Morgan fingerprint density at radius 2 is 2.36 bits per heavy atom. The fraction of sp³-hybridized carbons (Fsp3) is 0.385. The first kappa shape index (κ1) is 16.1. The molecule has 1 aromatic rings. The van der Waals surface area contributed by atoms with E-state index in [0.717, 1.165) is 12.5 Å². The molecule has 2 heterocycles. The van der Waals surface area contributed by atoms with Crippen LogP contribution in [0.4, 0.5) is 4.39 Å². The molecule has 0 amide bonds. The lowest BCUT2D eigenvalue weighted by Crippen LogP contribution is -2.42. The normalized spacial score (nSPS) is 30.8. The number of nitrogens with zero attached hydrogens (tertiary/aromatic N) is 2. The molecular weight excluding hydrogens is 299 g/mol. The Morgan fingerprint density at radius 1 is 1.68 bits per heavy atom. The van der Waals surface area contributed by atoms with Gasteiger partial charge in [-0.05, 0) is 0 Å². The number of rotatable bonds is 4. The maximum absolute atomic E-state index is 14.0. The van der Waals surface area contributed by atoms with Gasteiger partial charge in [0.25, 0.3) is 5.85 Å². The maximum atomic E-state index is 14.0. The minimum atomic E-state index is -2.91. The molecule has 118 valence electrons. The van der Waals surface area contributed by atoms with Crippen LogP contribution in [0.1, 0.15) is 11.8 Å². The largest absolute Gasteiger partial charge is 0.446 e. The summed E-state index contributed by atoms with van der Waals surface area (Å²) in [6, 6.07) is 0. The van der Waals surface area contributed by atoms with Crippen molar-refractivity contribution in [2.45, 2.75) is 24.3 Å². The van der Waals surface area contributed by atoms with E-state index in [0.29, 0.717) is 4.57 Å². The van der Waals surface area contributed by atoms with Crippen molar-refractivity contribution in [1.29, 1.82) is 0 Å². The number of ether oxygens (including phenoxy) is 2. The van der Waals surface area contributed by atoms with Crippen molar-refractivity contribution in [2.24, 2.45) is 0 Å². The van der Waals surface area contributed by atoms with Crippen LogP contribution in [-0.2, 0) is 4.74 Å². The van der Waals surface area contributed by atoms with Crippen molar-refractivity contribution < 1.29 is 29.2 Å². The average Bonchev–Trinajstić information content (AvgIpc) is 2.73. The number of aromatic nitrogens is 2. The first-order valence-electron chi connectivity index (χ1n) is 6.09. The van der Waals surface area contributed by atoms with E-state index in [1.807, 2.05) is 0 Å². The summed E-state index contributed by atoms with van der Waals surface area (Å²) < 4.78 is 24.4. The first-order chi connectivity index (χ1) is 10.4. The van der Waals surface area contributed by atoms with Crippen LogP contribution in [-0.4, -0.2) is 49.5 Å². The maximum Gasteiger partial charge on any atom is 0.353 e. The minimum Gasteiger partial charge on any atom is -0.446 e. The minimum absolute atomic E-state index is 0.0187. The number of aliphatic hydroxyl groups excluding tert-OH is 3. The molecule has 1 saturated heterocycles. The number of aliphatic hydroxyl groups is 3. The van der Waals surface area contributed by atoms with E-state index in [2.05, 4.69) is 17.5 Å². The van der Waals surface area contributed by atoms with Crippen LogP contribution >= 0.6 is 0 Å². The molecule has 9 heteroatoms. The third-order valence-electron chi connectivity index (χ3n) is 3.13. The van der Waals surface area contributed by atoms with Crippen molar-refractivity contribution in [3.8, 4) is 18.2 Å². The number of halogens is 1. The zero-order chi connectivity index (χ0) is 16.5. The van der Waals surface area contributed by atoms with Gasteiger partial charge in [0.15, 0.2) is 6.23 Å². The van der Waals surface area contributed by atoms with E-state index >= 15 is 0 Å². The van der Waals surface area contributed by atoms with Crippen LogP contribution in [0.2, 0.25) is 0 Å². The van der Waals surface area contributed by atoms with Gasteiger partial charge in [-0.1, -0.05) is 12.5 Å². The lowest BCUT2D eigenvalue weighted by atomic mass is 10.1. The van der Waals surface area contributed by atoms with Gasteiger partial charge in [0, 0.05) is 6.20 Å². The van der Waals surface area contributed by atoms with Crippen molar-refractivity contribution in [1.82, 2.24) is 9.55 Å². The van der Waals surface area contributed by atoms with Crippen molar-refractivity contribution in [3.63, 3.8) is 0 Å². The van der Waals surface area contributed by atoms with E-state index < -0.39 is 36.6 Å². The molecule has 22 heavy (non-hydrogen) atoms. The lowest BCUT2D eigenvalue weighted by molar-refractivity contribution is -0.207. The number of terminal acetylenes is 1. The zero-order valence-electron chi connectivity index (χ0n) is 11.2. The molecule has 1 fully saturated rings. The van der Waals surface area contributed by atoms with Crippen LogP contribution in [0.15, 0.2) is 23.8 Å². The highest BCUT2D eigenvalue weighted by atomic mass is 19.2. The van der Waals surface area contributed by atoms with Crippen LogP contribution in [0.5, 0.6) is 5.88 Å². The molecule has 0 aromatic carbocycles. The molecule has 0 bridgehead atoms. The average molecular weight is 312 g/mol. The molecular formula is C13H13FN2O6. The second-order valence-electron chi connectivity index (χ2n) is 4.47. The quantitative estimate of drug-likeness (QED) is 0.465.